The number of benzene rings is 1. The Morgan fingerprint density at radius 3 is 2.42 bits per heavy atom. The molecule has 2 aromatic rings. The van der Waals surface area contributed by atoms with Crippen LogP contribution < -0.4 is 10.5 Å². The van der Waals surface area contributed by atoms with Gasteiger partial charge < -0.3 is 9.64 Å². The van der Waals surface area contributed by atoms with Crippen LogP contribution >= 0.6 is 0 Å². The van der Waals surface area contributed by atoms with Crippen LogP contribution in [-0.4, -0.2) is 35.9 Å². The van der Waals surface area contributed by atoms with Gasteiger partial charge in [-0.15, -0.1) is 0 Å². The van der Waals surface area contributed by atoms with Crippen molar-refractivity contribution in [2.45, 2.75) is 38.6 Å². The highest BCUT2D eigenvalue weighted by atomic mass is 16.5. The zero-order chi connectivity index (χ0) is 18.5. The lowest BCUT2D eigenvalue weighted by atomic mass is 10.1. The Labute approximate surface area is 153 Å². The number of hydrogen-bond acceptors (Lipinski definition) is 5. The molecule has 1 aliphatic rings. The number of aromatic nitrogens is 2. The summed E-state index contributed by atoms with van der Waals surface area (Å²) in [5.74, 6) is -0.459. The van der Waals surface area contributed by atoms with Crippen LogP contribution in [0, 0.1) is 0 Å². The highest BCUT2D eigenvalue weighted by Gasteiger charge is 2.22. The van der Waals surface area contributed by atoms with E-state index >= 15 is 0 Å². The summed E-state index contributed by atoms with van der Waals surface area (Å²) in [6, 6.07) is 10.6. The lowest BCUT2D eigenvalue weighted by molar-refractivity contribution is -0.145. The predicted molar refractivity (Wildman–Crippen MR) is 101 cm³/mol. The van der Waals surface area contributed by atoms with E-state index in [2.05, 4.69) is 22.1 Å². The smallest absolute Gasteiger partial charge is 0.330 e. The monoisotopic (exact) mass is 355 g/mol. The first-order chi connectivity index (χ1) is 12.6. The van der Waals surface area contributed by atoms with Crippen LogP contribution in [-0.2, 0) is 9.53 Å². The maximum atomic E-state index is 12.2. The molecule has 1 atom stereocenters. The summed E-state index contributed by atoms with van der Waals surface area (Å²) in [5.41, 5.74) is 2.48. The molecule has 1 fully saturated rings. The fourth-order valence-electron chi connectivity index (χ4n) is 3.37. The normalized spacial score (nSPS) is 15.5. The molecule has 1 saturated heterocycles. The van der Waals surface area contributed by atoms with Crippen LogP contribution in [0.3, 0.4) is 0 Å². The molecule has 0 saturated carbocycles. The Bertz CT molecular complexity index is 808. The predicted octanol–water partition coefficient (Wildman–Crippen LogP) is 3.02. The summed E-state index contributed by atoms with van der Waals surface area (Å²) in [6.45, 7) is 4.02. The molecule has 1 aromatic heterocycles. The van der Waals surface area contributed by atoms with Crippen LogP contribution in [0.2, 0.25) is 0 Å². The van der Waals surface area contributed by atoms with E-state index < -0.39 is 12.0 Å². The molecule has 6 nitrogen and oxygen atoms in total. The average Bonchev–Trinajstić information content (AvgIpc) is 2.70. The first-order valence-electron chi connectivity index (χ1n) is 9.17. The van der Waals surface area contributed by atoms with Crippen LogP contribution in [0.15, 0.2) is 41.2 Å². The molecule has 0 amide bonds. The average molecular weight is 355 g/mol. The highest BCUT2D eigenvalue weighted by Crippen LogP contribution is 2.24. The molecule has 0 N–H and O–H groups in total. The zero-order valence-corrected chi connectivity index (χ0v) is 15.4. The number of nitrogens with zero attached hydrogens (tertiary/aromatic N) is 3. The van der Waals surface area contributed by atoms with E-state index in [4.69, 9.17) is 4.74 Å². The van der Waals surface area contributed by atoms with Crippen molar-refractivity contribution in [1.29, 1.82) is 0 Å². The fourth-order valence-corrected chi connectivity index (χ4v) is 3.37. The standard InChI is InChI=1S/C20H25N3O3/c1-3-18(20(25)26-2)23-19(24)12-11-17(21-23)15-7-9-16(10-8-15)22-13-5-4-6-14-22/h7-12,18H,3-6,13-14H2,1-2H3. The highest BCUT2D eigenvalue weighted by molar-refractivity contribution is 5.74. The second-order valence-electron chi connectivity index (χ2n) is 6.54. The Morgan fingerprint density at radius 2 is 1.81 bits per heavy atom. The Hall–Kier alpha value is -2.63. The summed E-state index contributed by atoms with van der Waals surface area (Å²) in [4.78, 5) is 26.5. The lowest BCUT2D eigenvalue weighted by Gasteiger charge is -2.28. The number of carbonyl (C=O) groups excluding carboxylic acids is 1. The van der Waals surface area contributed by atoms with Crippen LogP contribution in [0.4, 0.5) is 5.69 Å². The minimum absolute atomic E-state index is 0.309. The van der Waals surface area contributed by atoms with E-state index in [1.165, 1.54) is 42.8 Å². The number of hydrogen-bond donors (Lipinski definition) is 0. The number of rotatable bonds is 5. The summed E-state index contributed by atoms with van der Waals surface area (Å²) >= 11 is 0. The van der Waals surface area contributed by atoms with E-state index in [9.17, 15) is 9.59 Å². The van der Waals surface area contributed by atoms with Crippen molar-refractivity contribution in [3.05, 3.63) is 46.8 Å². The largest absolute Gasteiger partial charge is 0.467 e. The van der Waals surface area contributed by atoms with Crippen molar-refractivity contribution in [3.8, 4) is 11.3 Å². The summed E-state index contributed by atoms with van der Waals surface area (Å²) in [6.07, 6.45) is 4.22. The van der Waals surface area contributed by atoms with Crippen LogP contribution in [0.25, 0.3) is 11.3 Å². The van der Waals surface area contributed by atoms with Crippen molar-refractivity contribution < 1.29 is 9.53 Å². The topological polar surface area (TPSA) is 64.4 Å². The number of methoxy groups -OCH3 is 1. The van der Waals surface area contributed by atoms with Gasteiger partial charge in [0.05, 0.1) is 12.8 Å². The number of ether oxygens (including phenoxy) is 1. The molecule has 0 radical (unpaired) electrons. The Balaban J connectivity index is 1.88. The third-order valence-electron chi connectivity index (χ3n) is 4.86. The van der Waals surface area contributed by atoms with E-state index in [0.29, 0.717) is 12.1 Å². The molecule has 0 bridgehead atoms. The third-order valence-corrected chi connectivity index (χ3v) is 4.86. The van der Waals surface area contributed by atoms with E-state index in [1.54, 1.807) is 6.07 Å². The van der Waals surface area contributed by atoms with E-state index in [0.717, 1.165) is 18.7 Å². The van der Waals surface area contributed by atoms with Gasteiger partial charge in [-0.2, -0.15) is 5.10 Å². The maximum Gasteiger partial charge on any atom is 0.330 e. The van der Waals surface area contributed by atoms with Gasteiger partial charge in [0.1, 0.15) is 0 Å². The number of piperidine rings is 1. The molecule has 1 aliphatic heterocycles. The molecular weight excluding hydrogens is 330 g/mol. The van der Waals surface area contributed by atoms with Gasteiger partial charge in [0.2, 0.25) is 0 Å². The van der Waals surface area contributed by atoms with Gasteiger partial charge >= 0.3 is 5.97 Å². The van der Waals surface area contributed by atoms with Gasteiger partial charge in [0.25, 0.3) is 5.56 Å². The molecule has 6 heteroatoms. The van der Waals surface area contributed by atoms with Crippen LogP contribution in [0.5, 0.6) is 0 Å². The summed E-state index contributed by atoms with van der Waals surface area (Å²) in [5, 5.41) is 4.41. The molecule has 1 aromatic carbocycles. The minimum atomic E-state index is -0.708. The number of esters is 1. The first kappa shape index (κ1) is 18.2. The SMILES string of the molecule is CCC(C(=O)OC)n1nc(-c2ccc(N3CCCCC3)cc2)ccc1=O. The van der Waals surface area contributed by atoms with Crippen molar-refractivity contribution in [3.63, 3.8) is 0 Å². The molecule has 26 heavy (non-hydrogen) atoms. The molecule has 2 heterocycles. The Kier molecular flexibility index (Phi) is 5.71. The van der Waals surface area contributed by atoms with Crippen molar-refractivity contribution in [2.24, 2.45) is 0 Å². The zero-order valence-electron chi connectivity index (χ0n) is 15.4. The van der Waals surface area contributed by atoms with Gasteiger partial charge in [0, 0.05) is 30.4 Å². The lowest BCUT2D eigenvalue weighted by Crippen LogP contribution is -2.32. The number of carbonyl (C=O) groups is 1. The van der Waals surface area contributed by atoms with Gasteiger partial charge in [-0.05, 0) is 43.9 Å². The quantitative estimate of drug-likeness (QED) is 0.772. The van der Waals surface area contributed by atoms with Gasteiger partial charge in [0.15, 0.2) is 6.04 Å². The first-order valence-corrected chi connectivity index (χ1v) is 9.17. The maximum absolute atomic E-state index is 12.2. The van der Waals surface area contributed by atoms with Gasteiger partial charge in [-0.3, -0.25) is 4.79 Å². The van der Waals surface area contributed by atoms with Crippen molar-refractivity contribution in [2.75, 3.05) is 25.1 Å². The van der Waals surface area contributed by atoms with Crippen molar-refractivity contribution in [1.82, 2.24) is 9.78 Å². The van der Waals surface area contributed by atoms with Gasteiger partial charge in [-0.25, -0.2) is 9.48 Å². The molecule has 138 valence electrons. The number of anilines is 1. The molecule has 3 rings (SSSR count). The fraction of sp³-hybridized carbons (Fsp3) is 0.450. The molecule has 0 aliphatic carbocycles. The minimum Gasteiger partial charge on any atom is -0.467 e. The molecule has 1 unspecified atom stereocenters. The third kappa shape index (κ3) is 3.79. The van der Waals surface area contributed by atoms with Gasteiger partial charge in [-0.1, -0.05) is 19.1 Å². The van der Waals surface area contributed by atoms with E-state index in [-0.39, 0.29) is 5.56 Å². The summed E-state index contributed by atoms with van der Waals surface area (Å²) < 4.78 is 6.02. The molecule has 0 spiro atoms. The van der Waals surface area contributed by atoms with Crippen molar-refractivity contribution >= 4 is 11.7 Å². The second-order valence-corrected chi connectivity index (χ2v) is 6.54. The Morgan fingerprint density at radius 1 is 1.12 bits per heavy atom. The molecular formula is C20H25N3O3. The van der Waals surface area contributed by atoms with Crippen LogP contribution in [0.1, 0.15) is 38.6 Å². The van der Waals surface area contributed by atoms with E-state index in [1.807, 2.05) is 19.1 Å². The summed E-state index contributed by atoms with van der Waals surface area (Å²) in [7, 11) is 1.32. The second kappa shape index (κ2) is 8.17.